The number of halogens is 2. The van der Waals surface area contributed by atoms with Crippen LogP contribution in [0.2, 0.25) is 0 Å². The Kier molecular flexibility index (Phi) is 7.31. The lowest BCUT2D eigenvalue weighted by molar-refractivity contribution is 0.122. The van der Waals surface area contributed by atoms with E-state index in [2.05, 4.69) is 90.6 Å². The lowest BCUT2D eigenvalue weighted by Gasteiger charge is -2.29. The zero-order valence-electron chi connectivity index (χ0n) is 16.6. The van der Waals surface area contributed by atoms with E-state index in [0.29, 0.717) is 6.61 Å². The molecule has 6 heteroatoms. The van der Waals surface area contributed by atoms with Crippen LogP contribution in [0.3, 0.4) is 0 Å². The Morgan fingerprint density at radius 3 is 2.20 bits per heavy atom. The van der Waals surface area contributed by atoms with Gasteiger partial charge in [0.2, 0.25) is 0 Å². The molecule has 3 aromatic rings. The van der Waals surface area contributed by atoms with Crippen LogP contribution >= 0.6 is 31.9 Å². The molecule has 0 bridgehead atoms. The molecule has 156 valence electrons. The van der Waals surface area contributed by atoms with Crippen molar-refractivity contribution in [3.8, 4) is 5.75 Å². The summed E-state index contributed by atoms with van der Waals surface area (Å²) in [5.74, 6) is 0.817. The molecule has 0 saturated carbocycles. The third-order valence-corrected chi connectivity index (χ3v) is 6.20. The smallest absolute Gasteiger partial charge is 0.148 e. The van der Waals surface area contributed by atoms with E-state index in [4.69, 9.17) is 9.47 Å². The first-order valence-electron chi connectivity index (χ1n) is 10.0. The average Bonchev–Trinajstić information content (AvgIpc) is 2.79. The fraction of sp³-hybridized carbons (Fsp3) is 0.250. The molecule has 0 aromatic heterocycles. The quantitative estimate of drug-likeness (QED) is 0.391. The van der Waals surface area contributed by atoms with Crippen LogP contribution < -0.4 is 15.0 Å². The van der Waals surface area contributed by atoms with Gasteiger partial charge in [0.25, 0.3) is 0 Å². The topological polar surface area (TPSA) is 33.7 Å². The lowest BCUT2D eigenvalue weighted by atomic mass is 10.2. The van der Waals surface area contributed by atoms with Crippen molar-refractivity contribution in [3.05, 3.63) is 86.8 Å². The van der Waals surface area contributed by atoms with E-state index in [1.54, 1.807) is 0 Å². The highest BCUT2D eigenvalue weighted by molar-refractivity contribution is 9.11. The molecule has 0 aliphatic carbocycles. The van der Waals surface area contributed by atoms with Gasteiger partial charge in [-0.05, 0) is 79.4 Å². The fourth-order valence-corrected chi connectivity index (χ4v) is 4.91. The minimum atomic E-state index is 0.533. The minimum Gasteiger partial charge on any atom is -0.487 e. The van der Waals surface area contributed by atoms with E-state index < -0.39 is 0 Å². The van der Waals surface area contributed by atoms with E-state index in [-0.39, 0.29) is 0 Å². The summed E-state index contributed by atoms with van der Waals surface area (Å²) in [6, 6.07) is 23.0. The Labute approximate surface area is 194 Å². The average molecular weight is 532 g/mol. The highest BCUT2D eigenvalue weighted by Gasteiger charge is 2.12. The Hall–Kier alpha value is -2.02. The van der Waals surface area contributed by atoms with E-state index in [1.165, 1.54) is 5.69 Å². The second-order valence-electron chi connectivity index (χ2n) is 7.16. The predicted molar refractivity (Wildman–Crippen MR) is 129 cm³/mol. The molecule has 4 nitrogen and oxygen atoms in total. The first kappa shape index (κ1) is 21.2. The summed E-state index contributed by atoms with van der Waals surface area (Å²) in [5, 5.41) is 3.50. The number of morpholine rings is 1. The molecule has 1 fully saturated rings. The molecule has 1 aliphatic rings. The predicted octanol–water partition coefficient (Wildman–Crippen LogP) is 6.24. The zero-order chi connectivity index (χ0) is 20.8. The maximum atomic E-state index is 6.01. The first-order valence-corrected chi connectivity index (χ1v) is 11.6. The van der Waals surface area contributed by atoms with Gasteiger partial charge in [0.05, 0.1) is 22.2 Å². The van der Waals surface area contributed by atoms with Gasteiger partial charge in [-0.3, -0.25) is 0 Å². The zero-order valence-corrected chi connectivity index (χ0v) is 19.8. The van der Waals surface area contributed by atoms with E-state index in [9.17, 15) is 0 Å². The summed E-state index contributed by atoms with van der Waals surface area (Å²) in [5.41, 5.74) is 4.65. The highest BCUT2D eigenvalue weighted by Crippen LogP contribution is 2.35. The lowest BCUT2D eigenvalue weighted by Crippen LogP contribution is -2.36. The molecular formula is C24H24Br2N2O2. The number of nitrogens with one attached hydrogen (secondary N) is 1. The SMILES string of the molecule is Brc1cc(CNc2ccc(N3CCOCC3)cc2)cc(Br)c1OCc1ccccc1. The Bertz CT molecular complexity index is 936. The Morgan fingerprint density at radius 1 is 0.867 bits per heavy atom. The maximum Gasteiger partial charge on any atom is 0.148 e. The van der Waals surface area contributed by atoms with Crippen molar-refractivity contribution in [2.75, 3.05) is 36.5 Å². The van der Waals surface area contributed by atoms with Crippen LogP contribution in [0.1, 0.15) is 11.1 Å². The van der Waals surface area contributed by atoms with E-state index >= 15 is 0 Å². The van der Waals surface area contributed by atoms with Gasteiger partial charge in [0, 0.05) is 31.0 Å². The molecule has 4 rings (SSSR count). The highest BCUT2D eigenvalue weighted by atomic mass is 79.9. The molecule has 3 aromatic carbocycles. The van der Waals surface area contributed by atoms with Crippen LogP contribution in [0.15, 0.2) is 75.7 Å². The van der Waals surface area contributed by atoms with Crippen molar-refractivity contribution in [1.82, 2.24) is 0 Å². The monoisotopic (exact) mass is 530 g/mol. The van der Waals surface area contributed by atoms with Crippen molar-refractivity contribution in [1.29, 1.82) is 0 Å². The molecule has 1 aliphatic heterocycles. The van der Waals surface area contributed by atoms with Gasteiger partial charge >= 0.3 is 0 Å². The van der Waals surface area contributed by atoms with Crippen molar-refractivity contribution in [2.24, 2.45) is 0 Å². The number of hydrogen-bond acceptors (Lipinski definition) is 4. The minimum absolute atomic E-state index is 0.533. The molecule has 0 unspecified atom stereocenters. The second kappa shape index (κ2) is 10.3. The third-order valence-electron chi connectivity index (χ3n) is 5.02. The molecule has 0 radical (unpaired) electrons. The Balaban J connectivity index is 1.35. The van der Waals surface area contributed by atoms with E-state index in [1.807, 2.05) is 18.2 Å². The molecule has 30 heavy (non-hydrogen) atoms. The van der Waals surface area contributed by atoms with Gasteiger partial charge in [-0.15, -0.1) is 0 Å². The molecule has 0 atom stereocenters. The molecule has 0 spiro atoms. The summed E-state index contributed by atoms with van der Waals surface area (Å²) >= 11 is 7.31. The Morgan fingerprint density at radius 2 is 1.53 bits per heavy atom. The van der Waals surface area contributed by atoms with Gasteiger partial charge in [0.15, 0.2) is 0 Å². The van der Waals surface area contributed by atoms with Crippen molar-refractivity contribution in [2.45, 2.75) is 13.2 Å². The number of benzene rings is 3. The van der Waals surface area contributed by atoms with Crippen molar-refractivity contribution < 1.29 is 9.47 Å². The molecule has 1 saturated heterocycles. The van der Waals surface area contributed by atoms with Crippen LogP contribution in [-0.2, 0) is 17.9 Å². The van der Waals surface area contributed by atoms with Crippen LogP contribution in [-0.4, -0.2) is 26.3 Å². The molecule has 1 heterocycles. The summed E-state index contributed by atoms with van der Waals surface area (Å²) in [6.45, 7) is 4.77. The van der Waals surface area contributed by atoms with Crippen LogP contribution in [0, 0.1) is 0 Å². The van der Waals surface area contributed by atoms with Gasteiger partial charge < -0.3 is 19.7 Å². The van der Waals surface area contributed by atoms with Gasteiger partial charge in [-0.1, -0.05) is 30.3 Å². The largest absolute Gasteiger partial charge is 0.487 e. The summed E-state index contributed by atoms with van der Waals surface area (Å²) in [7, 11) is 0. The van der Waals surface area contributed by atoms with Crippen molar-refractivity contribution in [3.63, 3.8) is 0 Å². The maximum absolute atomic E-state index is 6.01. The number of ether oxygens (including phenoxy) is 2. The van der Waals surface area contributed by atoms with Gasteiger partial charge in [-0.2, -0.15) is 0 Å². The van der Waals surface area contributed by atoms with Gasteiger partial charge in [0.1, 0.15) is 12.4 Å². The number of rotatable bonds is 7. The summed E-state index contributed by atoms with van der Waals surface area (Å²) < 4.78 is 13.3. The molecular weight excluding hydrogens is 508 g/mol. The summed E-state index contributed by atoms with van der Waals surface area (Å²) in [4.78, 5) is 2.36. The first-order chi connectivity index (χ1) is 14.7. The number of hydrogen-bond donors (Lipinski definition) is 1. The van der Waals surface area contributed by atoms with Crippen LogP contribution in [0.4, 0.5) is 11.4 Å². The fourth-order valence-electron chi connectivity index (χ4n) is 3.40. The van der Waals surface area contributed by atoms with Gasteiger partial charge in [-0.25, -0.2) is 0 Å². The normalized spacial score (nSPS) is 13.9. The van der Waals surface area contributed by atoms with E-state index in [0.717, 1.165) is 64.4 Å². The molecule has 1 N–H and O–H groups in total. The van der Waals surface area contributed by atoms with Crippen LogP contribution in [0.25, 0.3) is 0 Å². The number of nitrogens with zero attached hydrogens (tertiary/aromatic N) is 1. The second-order valence-corrected chi connectivity index (χ2v) is 8.87. The third kappa shape index (κ3) is 5.56. The molecule has 0 amide bonds. The standard InChI is InChI=1S/C24H24Br2N2O2/c25-22-14-19(15-23(26)24(22)30-17-18-4-2-1-3-5-18)16-27-20-6-8-21(9-7-20)28-10-12-29-13-11-28/h1-9,14-15,27H,10-13,16-17H2. The summed E-state index contributed by atoms with van der Waals surface area (Å²) in [6.07, 6.45) is 0. The number of anilines is 2. The van der Waals surface area contributed by atoms with Crippen molar-refractivity contribution >= 4 is 43.2 Å². The van der Waals surface area contributed by atoms with Crippen LogP contribution in [0.5, 0.6) is 5.75 Å².